The van der Waals surface area contributed by atoms with Crippen molar-refractivity contribution in [3.8, 4) is 22.9 Å². The number of imidazole rings is 1. The van der Waals surface area contributed by atoms with Crippen LogP contribution >= 0.6 is 0 Å². The highest BCUT2D eigenvalue weighted by Crippen LogP contribution is 2.40. The van der Waals surface area contributed by atoms with Crippen molar-refractivity contribution in [2.75, 3.05) is 12.4 Å². The fraction of sp³-hybridized carbons (Fsp3) is 0.342. The minimum atomic E-state index is -4.10. The second kappa shape index (κ2) is 14.6. The number of carbonyl (C=O) groups is 2. The molecule has 12 heteroatoms. The summed E-state index contributed by atoms with van der Waals surface area (Å²) in [7, 11) is -4.10. The first-order chi connectivity index (χ1) is 23.6. The van der Waals surface area contributed by atoms with Crippen LogP contribution < -0.4 is 4.74 Å². The summed E-state index contributed by atoms with van der Waals surface area (Å²) >= 11 is 0. The molecule has 0 bridgehead atoms. The second-order valence-corrected chi connectivity index (χ2v) is 15.6. The highest BCUT2D eigenvalue weighted by atomic mass is 32.2. The molecule has 0 saturated heterocycles. The molecule has 2 heterocycles. The summed E-state index contributed by atoms with van der Waals surface area (Å²) in [6.45, 7) is 9.48. The fourth-order valence-corrected chi connectivity index (χ4v) is 7.39. The molecule has 5 aromatic rings. The molecule has 0 amide bonds. The van der Waals surface area contributed by atoms with Crippen molar-refractivity contribution in [3.63, 3.8) is 0 Å². The molecule has 1 atom stereocenters. The average Bonchev–Trinajstić information content (AvgIpc) is 3.74. The van der Waals surface area contributed by atoms with Crippen LogP contribution in [-0.2, 0) is 35.3 Å². The third-order valence-electron chi connectivity index (χ3n) is 8.93. The number of aryl methyl sites for hydroxylation is 1. The minimum Gasteiger partial charge on any atom is -0.465 e. The van der Waals surface area contributed by atoms with Gasteiger partial charge in [0.15, 0.2) is 21.4 Å². The number of aromatic amines is 2. The molecule has 2 N–H and O–H groups in total. The van der Waals surface area contributed by atoms with Crippen molar-refractivity contribution < 1.29 is 36.3 Å². The van der Waals surface area contributed by atoms with Gasteiger partial charge in [0.1, 0.15) is 29.4 Å². The highest BCUT2D eigenvalue weighted by Gasteiger charge is 2.32. The van der Waals surface area contributed by atoms with Gasteiger partial charge in [0.2, 0.25) is 0 Å². The average molecular weight is 706 g/mol. The van der Waals surface area contributed by atoms with Gasteiger partial charge in [-0.25, -0.2) is 22.2 Å². The van der Waals surface area contributed by atoms with Gasteiger partial charge < -0.3 is 24.2 Å². The van der Waals surface area contributed by atoms with Crippen LogP contribution in [0.25, 0.3) is 22.3 Å². The van der Waals surface area contributed by atoms with Gasteiger partial charge >= 0.3 is 5.97 Å². The largest absolute Gasteiger partial charge is 0.465 e. The zero-order valence-electron chi connectivity index (χ0n) is 28.7. The lowest BCUT2D eigenvalue weighted by atomic mass is 9.74. The normalized spacial score (nSPS) is 13.3. The maximum absolute atomic E-state index is 15.6. The van der Waals surface area contributed by atoms with E-state index < -0.39 is 49.8 Å². The number of nitrogens with zero attached hydrogens (tertiary/aromatic N) is 1. The number of esters is 1. The van der Waals surface area contributed by atoms with E-state index in [2.05, 4.69) is 27.9 Å². The van der Waals surface area contributed by atoms with E-state index in [9.17, 15) is 18.0 Å². The molecular formula is C38H41F2N3O6S. The summed E-state index contributed by atoms with van der Waals surface area (Å²) in [5, 5.41) is 0.388. The Morgan fingerprint density at radius 3 is 2.52 bits per heavy atom. The van der Waals surface area contributed by atoms with E-state index in [1.54, 1.807) is 19.2 Å². The topological polar surface area (TPSA) is 131 Å². The van der Waals surface area contributed by atoms with Gasteiger partial charge in [-0.1, -0.05) is 50.1 Å². The van der Waals surface area contributed by atoms with Crippen molar-refractivity contribution in [2.24, 2.45) is 5.41 Å². The van der Waals surface area contributed by atoms with Crippen LogP contribution in [0.1, 0.15) is 69.3 Å². The monoisotopic (exact) mass is 705 g/mol. The van der Waals surface area contributed by atoms with Gasteiger partial charge in [-0.2, -0.15) is 0 Å². The Morgan fingerprint density at radius 1 is 1.02 bits per heavy atom. The van der Waals surface area contributed by atoms with Crippen molar-refractivity contribution >= 4 is 33.0 Å². The van der Waals surface area contributed by atoms with Gasteiger partial charge in [0.05, 0.1) is 17.9 Å². The van der Waals surface area contributed by atoms with E-state index in [1.165, 1.54) is 24.4 Å². The zero-order valence-corrected chi connectivity index (χ0v) is 29.5. The molecular weight excluding hydrogens is 664 g/mol. The van der Waals surface area contributed by atoms with Crippen LogP contribution in [0.5, 0.6) is 11.5 Å². The van der Waals surface area contributed by atoms with Gasteiger partial charge in [0.25, 0.3) is 0 Å². The van der Waals surface area contributed by atoms with E-state index in [4.69, 9.17) is 9.47 Å². The molecule has 1 unspecified atom stereocenters. The van der Waals surface area contributed by atoms with Gasteiger partial charge in [-0.15, -0.1) is 0 Å². The van der Waals surface area contributed by atoms with E-state index in [0.29, 0.717) is 23.7 Å². The predicted molar refractivity (Wildman–Crippen MR) is 188 cm³/mol. The van der Waals surface area contributed by atoms with Gasteiger partial charge in [-0.05, 0) is 63.4 Å². The highest BCUT2D eigenvalue weighted by molar-refractivity contribution is 7.91. The summed E-state index contributed by atoms with van der Waals surface area (Å²) in [4.78, 5) is 34.3. The number of aromatic nitrogens is 3. The second-order valence-electron chi connectivity index (χ2n) is 13.5. The number of hydrogen-bond donors (Lipinski definition) is 2. The minimum absolute atomic E-state index is 0.00314. The summed E-state index contributed by atoms with van der Waals surface area (Å²) in [5.41, 5.74) is 2.24. The summed E-state index contributed by atoms with van der Waals surface area (Å²) < 4.78 is 67.8. The molecule has 0 radical (unpaired) electrons. The first kappa shape index (κ1) is 36.4. The summed E-state index contributed by atoms with van der Waals surface area (Å²) in [5.74, 6) is -4.08. The third kappa shape index (κ3) is 8.13. The number of H-pyrrole nitrogens is 2. The lowest BCUT2D eigenvalue weighted by Crippen LogP contribution is -2.25. The lowest BCUT2D eigenvalue weighted by Gasteiger charge is -2.31. The van der Waals surface area contributed by atoms with Gasteiger partial charge in [-0.3, -0.25) is 4.79 Å². The van der Waals surface area contributed by atoms with Crippen LogP contribution in [-0.4, -0.2) is 48.0 Å². The quantitative estimate of drug-likeness (QED) is 0.0831. The maximum Gasteiger partial charge on any atom is 0.321 e. The van der Waals surface area contributed by atoms with Crippen molar-refractivity contribution in [1.29, 1.82) is 0 Å². The molecule has 0 saturated carbocycles. The van der Waals surface area contributed by atoms with Crippen molar-refractivity contribution in [2.45, 2.75) is 65.0 Å². The molecule has 0 fully saturated rings. The molecule has 50 heavy (non-hydrogen) atoms. The Balaban J connectivity index is 1.50. The number of halogens is 2. The number of rotatable bonds is 15. The van der Waals surface area contributed by atoms with Crippen LogP contribution in [0, 0.1) is 24.0 Å². The molecule has 2 aromatic heterocycles. The molecule has 0 spiro atoms. The van der Waals surface area contributed by atoms with Gasteiger partial charge in [0, 0.05) is 51.5 Å². The van der Waals surface area contributed by atoms with Crippen LogP contribution in [0.15, 0.2) is 67.0 Å². The molecule has 9 nitrogen and oxygen atoms in total. The number of nitrogens with one attached hydrogen (secondary N) is 2. The first-order valence-electron chi connectivity index (χ1n) is 16.4. The molecule has 5 rings (SSSR count). The van der Waals surface area contributed by atoms with E-state index in [1.807, 2.05) is 39.0 Å². The number of carbonyl (C=O) groups excluding carboxylic acids is 2. The standard InChI is InChI=1S/C38H41F2N3O6S/c1-6-48-34(45)22-50(46,47)21-29-27-13-16-41-32(27)19-31(40)35(29)49-26-11-12-30(39)28(18-26)36-42-20-33(43-36)38(5,15-8-14-37(3,4)23-44)25-10-7-9-24(2)17-25/h7,9-13,16-20,23,41H,6,8,14-15,21-22H2,1-5H3,(H,42,43). The molecule has 0 aliphatic carbocycles. The van der Waals surface area contributed by atoms with Crippen molar-refractivity contribution in [1.82, 2.24) is 15.0 Å². The van der Waals surface area contributed by atoms with Crippen molar-refractivity contribution in [3.05, 3.63) is 101 Å². The fourth-order valence-electron chi connectivity index (χ4n) is 6.12. The molecule has 264 valence electrons. The number of hydrogen-bond acceptors (Lipinski definition) is 7. The Kier molecular flexibility index (Phi) is 10.6. The number of benzene rings is 3. The summed E-state index contributed by atoms with van der Waals surface area (Å²) in [6, 6.07) is 14.7. The first-order valence-corrected chi connectivity index (χ1v) is 18.2. The van der Waals surface area contributed by atoms with E-state index in [0.717, 1.165) is 35.6 Å². The zero-order chi connectivity index (χ0) is 36.3. The van der Waals surface area contributed by atoms with E-state index in [-0.39, 0.29) is 35.1 Å². The SMILES string of the molecule is CCOC(=O)CS(=O)(=O)Cc1c(Oc2ccc(F)c(-c3ncc(C(C)(CCCC(C)(C)C=O)c4cccc(C)c4)[nH]3)c2)c(F)cc2[nH]ccc12. The molecule has 3 aromatic carbocycles. The Bertz CT molecular complexity index is 2140. The predicted octanol–water partition coefficient (Wildman–Crippen LogP) is 8.12. The molecule has 0 aliphatic heterocycles. The number of fused-ring (bicyclic) bond motifs is 1. The van der Waals surface area contributed by atoms with Crippen LogP contribution in [0.3, 0.4) is 0 Å². The maximum atomic E-state index is 15.6. The smallest absolute Gasteiger partial charge is 0.321 e. The molecule has 0 aliphatic rings. The van der Waals surface area contributed by atoms with Crippen LogP contribution in [0.2, 0.25) is 0 Å². The Hall–Kier alpha value is -4.84. The number of ether oxygens (including phenoxy) is 2. The Labute approximate surface area is 290 Å². The third-order valence-corrected chi connectivity index (χ3v) is 10.3. The van der Waals surface area contributed by atoms with E-state index >= 15 is 8.78 Å². The number of aldehydes is 1. The van der Waals surface area contributed by atoms with Crippen LogP contribution in [0.4, 0.5) is 8.78 Å². The Morgan fingerprint density at radius 2 is 1.80 bits per heavy atom. The summed E-state index contributed by atoms with van der Waals surface area (Å²) in [6.07, 6.45) is 6.29. The number of sulfone groups is 1. The lowest BCUT2D eigenvalue weighted by molar-refractivity contribution is -0.140.